The molecule has 0 amide bonds. The molecule has 5 heteroatoms. The van der Waals surface area contributed by atoms with Gasteiger partial charge in [0.2, 0.25) is 0 Å². The Kier molecular flexibility index (Phi) is 3.75. The number of benzene rings is 1. The quantitative estimate of drug-likeness (QED) is 0.912. The predicted octanol–water partition coefficient (Wildman–Crippen LogP) is 2.64. The van der Waals surface area contributed by atoms with Crippen LogP contribution in [-0.2, 0) is 0 Å². The third-order valence-electron chi connectivity index (χ3n) is 2.78. The first kappa shape index (κ1) is 13.0. The number of carbonyl (C=O) groups is 1. The number of carboxylic acids is 1. The van der Waals surface area contributed by atoms with Gasteiger partial charge in [0.25, 0.3) is 0 Å². The number of hydrogen-bond acceptors (Lipinski definition) is 4. The molecule has 1 N–H and O–H groups in total. The lowest BCUT2D eigenvalue weighted by atomic mass is 10.2. The maximum atomic E-state index is 10.8. The van der Waals surface area contributed by atoms with Gasteiger partial charge in [0.15, 0.2) is 11.5 Å². The van der Waals surface area contributed by atoms with Gasteiger partial charge in [-0.3, -0.25) is 0 Å². The normalized spacial score (nSPS) is 10.2. The number of aryl methyl sites for hydroxylation is 1. The molecule has 0 spiro atoms. The number of nitrogens with zero attached hydrogens (tertiary/aromatic N) is 3. The van der Waals surface area contributed by atoms with Gasteiger partial charge < -0.3 is 10.0 Å². The molecule has 0 unspecified atom stereocenters. The average Bonchev–Trinajstić information content (AvgIpc) is 2.40. The lowest BCUT2D eigenvalue weighted by molar-refractivity contribution is 0.0689. The van der Waals surface area contributed by atoms with Crippen molar-refractivity contribution in [3.63, 3.8) is 0 Å². The first-order valence-electron chi connectivity index (χ1n) is 6.03. The summed E-state index contributed by atoms with van der Waals surface area (Å²) in [7, 11) is 0. The van der Waals surface area contributed by atoms with E-state index < -0.39 is 5.97 Å². The number of aromatic nitrogens is 2. The molecule has 0 atom stereocenters. The molecule has 0 radical (unpaired) electrons. The first-order valence-corrected chi connectivity index (χ1v) is 6.03. The minimum atomic E-state index is -1.07. The Morgan fingerprint density at radius 1 is 1.26 bits per heavy atom. The van der Waals surface area contributed by atoms with Crippen LogP contribution in [0.4, 0.5) is 11.5 Å². The third kappa shape index (κ3) is 2.88. The van der Waals surface area contributed by atoms with Crippen LogP contribution in [0.5, 0.6) is 0 Å². The van der Waals surface area contributed by atoms with Crippen molar-refractivity contribution >= 4 is 17.5 Å². The van der Waals surface area contributed by atoms with Gasteiger partial charge in [-0.15, -0.1) is 10.2 Å². The number of rotatable bonds is 4. The number of anilines is 2. The van der Waals surface area contributed by atoms with E-state index in [1.165, 1.54) is 6.07 Å². The zero-order chi connectivity index (χ0) is 13.8. The summed E-state index contributed by atoms with van der Waals surface area (Å²) < 4.78 is 0. The number of carboxylic acid groups (broad SMARTS) is 1. The van der Waals surface area contributed by atoms with Crippen molar-refractivity contribution in [3.05, 3.63) is 47.7 Å². The number of aromatic carboxylic acids is 1. The summed E-state index contributed by atoms with van der Waals surface area (Å²) in [6, 6.07) is 11.2. The van der Waals surface area contributed by atoms with Gasteiger partial charge in [0, 0.05) is 12.2 Å². The van der Waals surface area contributed by atoms with Crippen LogP contribution < -0.4 is 4.90 Å². The molecule has 1 aromatic carbocycles. The monoisotopic (exact) mass is 257 g/mol. The SMILES string of the molecule is CCN(c1cccc(C)c1)c1ccc(C(=O)O)nn1. The Bertz CT molecular complexity index is 581. The highest BCUT2D eigenvalue weighted by atomic mass is 16.4. The van der Waals surface area contributed by atoms with E-state index in [0.717, 1.165) is 17.8 Å². The summed E-state index contributed by atoms with van der Waals surface area (Å²) in [5.74, 6) is -0.434. The van der Waals surface area contributed by atoms with E-state index in [4.69, 9.17) is 5.11 Å². The molecule has 19 heavy (non-hydrogen) atoms. The van der Waals surface area contributed by atoms with Gasteiger partial charge >= 0.3 is 5.97 Å². The molecular weight excluding hydrogens is 242 g/mol. The first-order chi connectivity index (χ1) is 9.11. The van der Waals surface area contributed by atoms with Crippen LogP contribution >= 0.6 is 0 Å². The van der Waals surface area contributed by atoms with Crippen LogP contribution in [0.25, 0.3) is 0 Å². The molecule has 98 valence electrons. The fourth-order valence-electron chi connectivity index (χ4n) is 1.86. The van der Waals surface area contributed by atoms with E-state index in [0.29, 0.717) is 5.82 Å². The molecule has 2 aromatic rings. The van der Waals surface area contributed by atoms with E-state index in [9.17, 15) is 4.79 Å². The van der Waals surface area contributed by atoms with Crippen molar-refractivity contribution in [3.8, 4) is 0 Å². The Hall–Kier alpha value is -2.43. The molecule has 0 aliphatic carbocycles. The highest BCUT2D eigenvalue weighted by Crippen LogP contribution is 2.23. The molecular formula is C14H15N3O2. The standard InChI is InChI=1S/C14H15N3O2/c1-3-17(11-6-4-5-10(2)9-11)13-8-7-12(14(18)19)15-16-13/h4-9H,3H2,1-2H3,(H,18,19). The van der Waals surface area contributed by atoms with Crippen molar-refractivity contribution in [1.29, 1.82) is 0 Å². The molecule has 1 heterocycles. The second-order valence-corrected chi connectivity index (χ2v) is 4.17. The van der Waals surface area contributed by atoms with Crippen molar-refractivity contribution in [2.75, 3.05) is 11.4 Å². The largest absolute Gasteiger partial charge is 0.476 e. The Balaban J connectivity index is 2.34. The lowest BCUT2D eigenvalue weighted by Gasteiger charge is -2.21. The smallest absolute Gasteiger partial charge is 0.356 e. The van der Waals surface area contributed by atoms with Gasteiger partial charge in [0.05, 0.1) is 0 Å². The third-order valence-corrected chi connectivity index (χ3v) is 2.78. The second-order valence-electron chi connectivity index (χ2n) is 4.17. The van der Waals surface area contributed by atoms with Gasteiger partial charge in [-0.2, -0.15) is 0 Å². The van der Waals surface area contributed by atoms with Gasteiger partial charge in [-0.25, -0.2) is 4.79 Å². The summed E-state index contributed by atoms with van der Waals surface area (Å²) in [6.45, 7) is 4.76. The van der Waals surface area contributed by atoms with E-state index in [1.807, 2.05) is 36.9 Å². The van der Waals surface area contributed by atoms with Crippen LogP contribution in [0.2, 0.25) is 0 Å². The Morgan fingerprint density at radius 2 is 2.05 bits per heavy atom. The van der Waals surface area contributed by atoms with Crippen LogP contribution in [-0.4, -0.2) is 27.8 Å². The Labute approximate surface area is 111 Å². The van der Waals surface area contributed by atoms with E-state index in [2.05, 4.69) is 16.3 Å². The molecule has 2 rings (SSSR count). The average molecular weight is 257 g/mol. The summed E-state index contributed by atoms with van der Waals surface area (Å²) in [4.78, 5) is 12.7. The van der Waals surface area contributed by atoms with Crippen molar-refractivity contribution in [2.24, 2.45) is 0 Å². The van der Waals surface area contributed by atoms with E-state index in [-0.39, 0.29) is 5.69 Å². The molecule has 0 fully saturated rings. The second kappa shape index (κ2) is 5.48. The van der Waals surface area contributed by atoms with Crippen molar-refractivity contribution in [2.45, 2.75) is 13.8 Å². The highest BCUT2D eigenvalue weighted by molar-refractivity contribution is 5.85. The zero-order valence-corrected chi connectivity index (χ0v) is 10.9. The topological polar surface area (TPSA) is 66.3 Å². The molecule has 0 saturated heterocycles. The maximum absolute atomic E-state index is 10.8. The summed E-state index contributed by atoms with van der Waals surface area (Å²) >= 11 is 0. The molecule has 0 saturated carbocycles. The molecule has 0 aliphatic heterocycles. The minimum Gasteiger partial charge on any atom is -0.476 e. The molecule has 1 aromatic heterocycles. The highest BCUT2D eigenvalue weighted by Gasteiger charge is 2.11. The summed E-state index contributed by atoms with van der Waals surface area (Å²) in [6.07, 6.45) is 0. The predicted molar refractivity (Wildman–Crippen MR) is 72.9 cm³/mol. The molecule has 5 nitrogen and oxygen atoms in total. The van der Waals surface area contributed by atoms with Crippen LogP contribution in [0.3, 0.4) is 0 Å². The molecule has 0 aliphatic rings. The van der Waals surface area contributed by atoms with Gasteiger partial charge in [-0.1, -0.05) is 12.1 Å². The number of hydrogen-bond donors (Lipinski definition) is 1. The van der Waals surface area contributed by atoms with E-state index >= 15 is 0 Å². The van der Waals surface area contributed by atoms with Crippen LogP contribution in [0, 0.1) is 6.92 Å². The van der Waals surface area contributed by atoms with Gasteiger partial charge in [-0.05, 0) is 43.7 Å². The Morgan fingerprint density at radius 3 is 2.58 bits per heavy atom. The van der Waals surface area contributed by atoms with Crippen LogP contribution in [0.1, 0.15) is 23.0 Å². The minimum absolute atomic E-state index is 0.0518. The summed E-state index contributed by atoms with van der Waals surface area (Å²) in [5.41, 5.74) is 2.12. The lowest BCUT2D eigenvalue weighted by Crippen LogP contribution is -2.18. The fourth-order valence-corrected chi connectivity index (χ4v) is 1.86. The van der Waals surface area contributed by atoms with Crippen LogP contribution in [0.15, 0.2) is 36.4 Å². The molecule has 0 bridgehead atoms. The van der Waals surface area contributed by atoms with Gasteiger partial charge in [0.1, 0.15) is 0 Å². The maximum Gasteiger partial charge on any atom is 0.356 e. The van der Waals surface area contributed by atoms with Crippen molar-refractivity contribution in [1.82, 2.24) is 10.2 Å². The summed E-state index contributed by atoms with van der Waals surface area (Å²) in [5, 5.41) is 16.5. The van der Waals surface area contributed by atoms with Crippen molar-refractivity contribution < 1.29 is 9.90 Å². The van der Waals surface area contributed by atoms with E-state index in [1.54, 1.807) is 6.07 Å². The fraction of sp³-hybridized carbons (Fsp3) is 0.214. The zero-order valence-electron chi connectivity index (χ0n) is 10.9.